The van der Waals surface area contributed by atoms with Crippen LogP contribution in [0.1, 0.15) is 47.2 Å². The van der Waals surface area contributed by atoms with E-state index in [4.69, 9.17) is 39.8 Å². The van der Waals surface area contributed by atoms with E-state index >= 15 is 0 Å². The smallest absolute Gasteiger partial charge is 0.293 e. The molecule has 6 nitrogen and oxygen atoms in total. The van der Waals surface area contributed by atoms with E-state index < -0.39 is 5.91 Å². The van der Waals surface area contributed by atoms with Crippen molar-refractivity contribution < 1.29 is 14.0 Å². The number of thiocarbonyl (C=S) groups is 1. The molecule has 0 saturated carbocycles. The third-order valence-electron chi connectivity index (χ3n) is 5.65. The van der Waals surface area contributed by atoms with Gasteiger partial charge in [-0.25, -0.2) is 0 Å². The number of furan rings is 1. The van der Waals surface area contributed by atoms with Gasteiger partial charge in [-0.1, -0.05) is 62.2 Å². The zero-order chi connectivity index (χ0) is 27.4. The van der Waals surface area contributed by atoms with Crippen LogP contribution >= 0.6 is 35.4 Å². The normalized spacial score (nSPS) is 11.1. The number of rotatable bonds is 5. The predicted molar refractivity (Wildman–Crippen MR) is 157 cm³/mol. The summed E-state index contributed by atoms with van der Waals surface area (Å²) in [7, 11) is 0. The maximum Gasteiger partial charge on any atom is 0.293 e. The van der Waals surface area contributed by atoms with Crippen LogP contribution in [0.15, 0.2) is 83.3 Å². The Balaban J connectivity index is 1.36. The van der Waals surface area contributed by atoms with Crippen LogP contribution in [-0.2, 0) is 5.41 Å². The lowest BCUT2D eigenvalue weighted by Crippen LogP contribution is -2.33. The number of nitrogens with one attached hydrogen (secondary N) is 3. The first-order valence-electron chi connectivity index (χ1n) is 11.7. The molecule has 0 radical (unpaired) electrons. The molecule has 0 atom stereocenters. The first-order chi connectivity index (χ1) is 18.0. The zero-order valence-electron chi connectivity index (χ0n) is 20.9. The van der Waals surface area contributed by atoms with Crippen LogP contribution in [0.4, 0.5) is 11.4 Å². The molecule has 1 aromatic heterocycles. The third kappa shape index (κ3) is 6.81. The van der Waals surface area contributed by atoms with E-state index in [-0.39, 0.29) is 22.2 Å². The Morgan fingerprint density at radius 1 is 0.789 bits per heavy atom. The van der Waals surface area contributed by atoms with E-state index in [0.717, 1.165) is 5.56 Å². The van der Waals surface area contributed by atoms with E-state index in [1.807, 2.05) is 24.3 Å². The second-order valence-corrected chi connectivity index (χ2v) is 10.8. The van der Waals surface area contributed by atoms with Crippen molar-refractivity contribution in [3.8, 4) is 11.3 Å². The van der Waals surface area contributed by atoms with Gasteiger partial charge in [-0.2, -0.15) is 0 Å². The van der Waals surface area contributed by atoms with Crippen molar-refractivity contribution in [2.75, 3.05) is 10.6 Å². The highest BCUT2D eigenvalue weighted by Gasteiger charge is 2.16. The average molecular weight is 567 g/mol. The number of hydrogen-bond acceptors (Lipinski definition) is 4. The summed E-state index contributed by atoms with van der Waals surface area (Å²) in [5, 5.41) is 9.30. The van der Waals surface area contributed by atoms with Gasteiger partial charge in [-0.3, -0.25) is 14.9 Å². The van der Waals surface area contributed by atoms with Gasteiger partial charge in [-0.15, -0.1) is 0 Å². The minimum Gasteiger partial charge on any atom is -0.451 e. The molecular weight excluding hydrogens is 541 g/mol. The average Bonchev–Trinajstić information content (AvgIpc) is 3.36. The molecule has 9 heteroatoms. The van der Waals surface area contributed by atoms with Gasteiger partial charge < -0.3 is 15.1 Å². The molecule has 0 unspecified atom stereocenters. The molecule has 38 heavy (non-hydrogen) atoms. The molecule has 0 fully saturated rings. The molecule has 4 rings (SSSR count). The van der Waals surface area contributed by atoms with Crippen LogP contribution in [0, 0.1) is 0 Å². The Morgan fingerprint density at radius 2 is 1.47 bits per heavy atom. The van der Waals surface area contributed by atoms with Crippen LogP contribution in [0.3, 0.4) is 0 Å². The SMILES string of the molecule is CC(C)(C)c1ccc(C(=O)Nc2cccc(NC(=S)NC(=O)c3ccc(-c4ccc(Cl)c(Cl)c4)o3)c2)cc1. The topological polar surface area (TPSA) is 83.4 Å². The quantitative estimate of drug-likeness (QED) is 0.214. The number of anilines is 2. The van der Waals surface area contributed by atoms with E-state index in [1.165, 1.54) is 0 Å². The van der Waals surface area contributed by atoms with Crippen LogP contribution in [0.25, 0.3) is 11.3 Å². The predicted octanol–water partition coefficient (Wildman–Crippen LogP) is 7.93. The van der Waals surface area contributed by atoms with Gasteiger partial charge in [0.2, 0.25) is 0 Å². The third-order valence-corrected chi connectivity index (χ3v) is 6.60. The first-order valence-corrected chi connectivity index (χ1v) is 12.9. The lowest BCUT2D eigenvalue weighted by atomic mass is 9.87. The minimum absolute atomic E-state index is 0.00701. The summed E-state index contributed by atoms with van der Waals surface area (Å²) in [5.41, 5.74) is 3.56. The van der Waals surface area contributed by atoms with Gasteiger partial charge >= 0.3 is 0 Å². The van der Waals surface area contributed by atoms with Gasteiger partial charge in [0.1, 0.15) is 5.76 Å². The Morgan fingerprint density at radius 3 is 2.13 bits per heavy atom. The zero-order valence-corrected chi connectivity index (χ0v) is 23.2. The largest absolute Gasteiger partial charge is 0.451 e. The van der Waals surface area contributed by atoms with Crippen LogP contribution in [-0.4, -0.2) is 16.9 Å². The highest BCUT2D eigenvalue weighted by Crippen LogP contribution is 2.29. The maximum absolute atomic E-state index is 12.7. The van der Waals surface area contributed by atoms with E-state index in [2.05, 4.69) is 36.7 Å². The van der Waals surface area contributed by atoms with Gasteiger partial charge in [0, 0.05) is 22.5 Å². The van der Waals surface area contributed by atoms with Crippen molar-refractivity contribution in [3.05, 3.63) is 106 Å². The van der Waals surface area contributed by atoms with E-state index in [1.54, 1.807) is 54.6 Å². The molecule has 0 saturated heterocycles. The second kappa shape index (κ2) is 11.4. The molecule has 4 aromatic rings. The minimum atomic E-state index is -0.517. The summed E-state index contributed by atoms with van der Waals surface area (Å²) < 4.78 is 5.66. The fourth-order valence-corrected chi connectivity index (χ4v) is 4.10. The number of carbonyl (C=O) groups is 2. The summed E-state index contributed by atoms with van der Waals surface area (Å²) in [5.74, 6) is -0.205. The summed E-state index contributed by atoms with van der Waals surface area (Å²) in [6.07, 6.45) is 0. The molecule has 0 spiro atoms. The van der Waals surface area contributed by atoms with E-state index in [0.29, 0.717) is 38.3 Å². The van der Waals surface area contributed by atoms with Crippen molar-refractivity contribution >= 4 is 63.7 Å². The molecule has 2 amide bonds. The fraction of sp³-hybridized carbons (Fsp3) is 0.138. The maximum atomic E-state index is 12.7. The van der Waals surface area contributed by atoms with Crippen molar-refractivity contribution in [1.29, 1.82) is 0 Å². The van der Waals surface area contributed by atoms with Crippen molar-refractivity contribution in [2.45, 2.75) is 26.2 Å². The Labute approximate surface area is 236 Å². The van der Waals surface area contributed by atoms with Crippen LogP contribution < -0.4 is 16.0 Å². The Kier molecular flexibility index (Phi) is 8.21. The van der Waals surface area contributed by atoms with Crippen molar-refractivity contribution in [3.63, 3.8) is 0 Å². The molecule has 3 aromatic carbocycles. The number of carbonyl (C=O) groups excluding carboxylic acids is 2. The molecule has 0 aliphatic heterocycles. The van der Waals surface area contributed by atoms with Gasteiger partial charge in [-0.05, 0) is 83.9 Å². The van der Waals surface area contributed by atoms with E-state index in [9.17, 15) is 9.59 Å². The number of amides is 2. The molecule has 0 aliphatic rings. The Hall–Kier alpha value is -3.65. The Bertz CT molecular complexity index is 1510. The van der Waals surface area contributed by atoms with Crippen LogP contribution in [0.2, 0.25) is 10.0 Å². The van der Waals surface area contributed by atoms with Crippen LogP contribution in [0.5, 0.6) is 0 Å². The van der Waals surface area contributed by atoms with Gasteiger partial charge in [0.05, 0.1) is 10.0 Å². The lowest BCUT2D eigenvalue weighted by molar-refractivity contribution is 0.0950. The van der Waals surface area contributed by atoms with Gasteiger partial charge in [0.15, 0.2) is 10.9 Å². The van der Waals surface area contributed by atoms with Crippen molar-refractivity contribution in [2.24, 2.45) is 0 Å². The second-order valence-electron chi connectivity index (χ2n) is 9.56. The van der Waals surface area contributed by atoms with Crippen molar-refractivity contribution in [1.82, 2.24) is 5.32 Å². The summed E-state index contributed by atoms with van der Waals surface area (Å²) >= 11 is 17.3. The molecule has 3 N–H and O–H groups in total. The molecule has 0 bridgehead atoms. The highest BCUT2D eigenvalue weighted by atomic mass is 35.5. The highest BCUT2D eigenvalue weighted by molar-refractivity contribution is 7.80. The monoisotopic (exact) mass is 565 g/mol. The molecular formula is C29H25Cl2N3O3S. The lowest BCUT2D eigenvalue weighted by Gasteiger charge is -2.19. The summed E-state index contributed by atoms with van der Waals surface area (Å²) in [6.45, 7) is 6.37. The number of hydrogen-bond donors (Lipinski definition) is 3. The number of halogens is 2. The van der Waals surface area contributed by atoms with Gasteiger partial charge in [0.25, 0.3) is 11.8 Å². The molecule has 194 valence electrons. The fourth-order valence-electron chi connectivity index (χ4n) is 3.59. The number of benzene rings is 3. The first kappa shape index (κ1) is 27.4. The standard InChI is InChI=1S/C29H25Cl2N3O3S/c1-29(2,3)19-10-7-17(8-11-19)26(35)32-20-5-4-6-21(16-20)33-28(38)34-27(36)25-14-13-24(37-25)18-9-12-22(30)23(31)15-18/h4-16H,1-3H3,(H,32,35)(H2,33,34,36,38). The molecule has 1 heterocycles. The summed E-state index contributed by atoms with van der Waals surface area (Å²) in [6, 6.07) is 22.8. The summed E-state index contributed by atoms with van der Waals surface area (Å²) in [4.78, 5) is 25.3. The molecule has 0 aliphatic carbocycles.